The molecular formula is C13H19N3OS. The lowest BCUT2D eigenvalue weighted by atomic mass is 10.2. The van der Waals surface area contributed by atoms with Crippen molar-refractivity contribution < 1.29 is 4.79 Å². The Morgan fingerprint density at radius 2 is 2.50 bits per heavy atom. The van der Waals surface area contributed by atoms with Crippen molar-refractivity contribution in [2.75, 3.05) is 18.0 Å². The van der Waals surface area contributed by atoms with Crippen LogP contribution in [0, 0.1) is 0 Å². The number of anilines is 1. The van der Waals surface area contributed by atoms with E-state index in [-0.39, 0.29) is 5.91 Å². The van der Waals surface area contributed by atoms with Crippen LogP contribution in [-0.4, -0.2) is 30.0 Å². The van der Waals surface area contributed by atoms with Crippen molar-refractivity contribution in [1.82, 2.24) is 10.3 Å². The fourth-order valence-electron chi connectivity index (χ4n) is 2.19. The third-order valence-corrected chi connectivity index (χ3v) is 3.78. The summed E-state index contributed by atoms with van der Waals surface area (Å²) >= 11 is 1.66. The standard InChI is InChI=1S/C13H19N3OS/c1-10(2)8-12(17)15-9-11-4-3-6-16(11)13-14-5-7-18-13/h5,7-8,11H,3-4,6,9H2,1-2H3,(H,15,17). The first-order chi connectivity index (χ1) is 8.66. The van der Waals surface area contributed by atoms with Crippen molar-refractivity contribution in [1.29, 1.82) is 0 Å². The van der Waals surface area contributed by atoms with Crippen LogP contribution in [0.25, 0.3) is 0 Å². The van der Waals surface area contributed by atoms with E-state index in [1.165, 1.54) is 6.42 Å². The van der Waals surface area contributed by atoms with Gasteiger partial charge in [-0.05, 0) is 26.7 Å². The Kier molecular flexibility index (Phi) is 4.36. The molecule has 0 saturated carbocycles. The molecule has 5 heteroatoms. The molecule has 0 radical (unpaired) electrons. The number of carbonyl (C=O) groups excluding carboxylic acids is 1. The minimum atomic E-state index is 0.000916. The van der Waals surface area contributed by atoms with Gasteiger partial charge in [-0.2, -0.15) is 0 Å². The van der Waals surface area contributed by atoms with Gasteiger partial charge in [0.15, 0.2) is 5.13 Å². The largest absolute Gasteiger partial charge is 0.350 e. The van der Waals surface area contributed by atoms with Crippen molar-refractivity contribution in [3.05, 3.63) is 23.2 Å². The van der Waals surface area contributed by atoms with Gasteiger partial charge < -0.3 is 10.2 Å². The van der Waals surface area contributed by atoms with Crippen molar-refractivity contribution in [3.8, 4) is 0 Å². The van der Waals surface area contributed by atoms with Gasteiger partial charge in [-0.15, -0.1) is 11.3 Å². The lowest BCUT2D eigenvalue weighted by Gasteiger charge is -2.23. The van der Waals surface area contributed by atoms with E-state index >= 15 is 0 Å². The van der Waals surface area contributed by atoms with Crippen molar-refractivity contribution in [2.45, 2.75) is 32.7 Å². The molecule has 1 saturated heterocycles. The maximum atomic E-state index is 11.6. The van der Waals surface area contributed by atoms with Crippen LogP contribution in [0.1, 0.15) is 26.7 Å². The molecule has 1 aromatic heterocycles. The molecular weight excluding hydrogens is 246 g/mol. The van der Waals surface area contributed by atoms with Gasteiger partial charge in [-0.1, -0.05) is 5.57 Å². The number of nitrogens with one attached hydrogen (secondary N) is 1. The molecule has 98 valence electrons. The number of hydrogen-bond donors (Lipinski definition) is 1. The smallest absolute Gasteiger partial charge is 0.243 e. The van der Waals surface area contributed by atoms with Gasteiger partial charge in [0.25, 0.3) is 0 Å². The Hall–Kier alpha value is -1.36. The molecule has 1 fully saturated rings. The highest BCUT2D eigenvalue weighted by atomic mass is 32.1. The monoisotopic (exact) mass is 265 g/mol. The van der Waals surface area contributed by atoms with E-state index in [1.54, 1.807) is 17.4 Å². The van der Waals surface area contributed by atoms with Crippen LogP contribution in [0.2, 0.25) is 0 Å². The van der Waals surface area contributed by atoms with Crippen molar-refractivity contribution >= 4 is 22.4 Å². The average Bonchev–Trinajstić information content (AvgIpc) is 2.96. The summed E-state index contributed by atoms with van der Waals surface area (Å²) in [6.45, 7) is 5.59. The Labute approximate surface area is 112 Å². The number of amides is 1. The number of thiazole rings is 1. The number of aromatic nitrogens is 1. The quantitative estimate of drug-likeness (QED) is 0.849. The van der Waals surface area contributed by atoms with Crippen LogP contribution < -0.4 is 10.2 Å². The van der Waals surface area contributed by atoms with Crippen molar-refractivity contribution in [2.24, 2.45) is 0 Å². The van der Waals surface area contributed by atoms with E-state index in [0.717, 1.165) is 23.7 Å². The highest BCUT2D eigenvalue weighted by Gasteiger charge is 2.26. The van der Waals surface area contributed by atoms with Crippen molar-refractivity contribution in [3.63, 3.8) is 0 Å². The Morgan fingerprint density at radius 3 is 3.17 bits per heavy atom. The number of nitrogens with zero attached hydrogens (tertiary/aromatic N) is 2. The highest BCUT2D eigenvalue weighted by Crippen LogP contribution is 2.26. The number of carbonyl (C=O) groups is 1. The molecule has 1 aliphatic rings. The third-order valence-electron chi connectivity index (χ3n) is 2.97. The first-order valence-electron chi connectivity index (χ1n) is 6.25. The molecule has 1 aliphatic heterocycles. The third kappa shape index (κ3) is 3.32. The molecule has 0 bridgehead atoms. The van der Waals surface area contributed by atoms with Gasteiger partial charge in [0.1, 0.15) is 0 Å². The van der Waals surface area contributed by atoms with Gasteiger partial charge >= 0.3 is 0 Å². The maximum absolute atomic E-state index is 11.6. The molecule has 0 aliphatic carbocycles. The molecule has 4 nitrogen and oxygen atoms in total. The van der Waals surface area contributed by atoms with Gasteiger partial charge in [-0.25, -0.2) is 4.98 Å². The lowest BCUT2D eigenvalue weighted by molar-refractivity contribution is -0.116. The minimum Gasteiger partial charge on any atom is -0.350 e. The summed E-state index contributed by atoms with van der Waals surface area (Å²) in [4.78, 5) is 18.2. The summed E-state index contributed by atoms with van der Waals surface area (Å²) in [5.74, 6) is 0.000916. The predicted molar refractivity (Wildman–Crippen MR) is 74.9 cm³/mol. The lowest BCUT2D eigenvalue weighted by Crippen LogP contribution is -2.39. The van der Waals surface area contributed by atoms with Crippen LogP contribution in [0.15, 0.2) is 23.2 Å². The first-order valence-corrected chi connectivity index (χ1v) is 7.13. The number of allylic oxidation sites excluding steroid dienone is 1. The van der Waals surface area contributed by atoms with Gasteiger partial charge in [0.05, 0.1) is 0 Å². The van der Waals surface area contributed by atoms with E-state index in [1.807, 2.05) is 25.4 Å². The minimum absolute atomic E-state index is 0.000916. The average molecular weight is 265 g/mol. The maximum Gasteiger partial charge on any atom is 0.243 e. The van der Waals surface area contributed by atoms with Gasteiger partial charge in [0.2, 0.25) is 5.91 Å². The second-order valence-electron chi connectivity index (χ2n) is 4.77. The summed E-state index contributed by atoms with van der Waals surface area (Å²) in [7, 11) is 0. The summed E-state index contributed by atoms with van der Waals surface area (Å²) in [5.41, 5.74) is 1.02. The molecule has 0 spiro atoms. The second-order valence-corrected chi connectivity index (χ2v) is 5.64. The zero-order valence-electron chi connectivity index (χ0n) is 10.8. The fourth-order valence-corrected chi connectivity index (χ4v) is 2.93. The number of rotatable bonds is 4. The van der Waals surface area contributed by atoms with E-state index in [2.05, 4.69) is 15.2 Å². The predicted octanol–water partition coefficient (Wildman–Crippen LogP) is 2.19. The Morgan fingerprint density at radius 1 is 1.67 bits per heavy atom. The Bertz CT molecular complexity index is 423. The molecule has 1 N–H and O–H groups in total. The highest BCUT2D eigenvalue weighted by molar-refractivity contribution is 7.13. The van der Waals surface area contributed by atoms with Crippen LogP contribution in [-0.2, 0) is 4.79 Å². The summed E-state index contributed by atoms with van der Waals surface area (Å²) in [6, 6.07) is 0.380. The second kappa shape index (κ2) is 6.00. The normalized spacial score (nSPS) is 18.8. The van der Waals surface area contributed by atoms with Gasteiger partial charge in [0, 0.05) is 36.8 Å². The zero-order valence-corrected chi connectivity index (χ0v) is 11.7. The zero-order chi connectivity index (χ0) is 13.0. The molecule has 2 heterocycles. The SMILES string of the molecule is CC(C)=CC(=O)NCC1CCCN1c1nccs1. The molecule has 1 aromatic rings. The van der Waals surface area contributed by atoms with Crippen LogP contribution in [0.4, 0.5) is 5.13 Å². The Balaban J connectivity index is 1.89. The molecule has 1 amide bonds. The first kappa shape index (κ1) is 13.1. The molecule has 18 heavy (non-hydrogen) atoms. The van der Waals surface area contributed by atoms with Gasteiger partial charge in [-0.3, -0.25) is 4.79 Å². The van der Waals surface area contributed by atoms with Crippen LogP contribution in [0.5, 0.6) is 0 Å². The summed E-state index contributed by atoms with van der Waals surface area (Å²) in [5, 5.41) is 6.02. The van der Waals surface area contributed by atoms with Crippen LogP contribution in [0.3, 0.4) is 0 Å². The topological polar surface area (TPSA) is 45.2 Å². The van der Waals surface area contributed by atoms with E-state index < -0.39 is 0 Å². The molecule has 1 unspecified atom stereocenters. The molecule has 1 atom stereocenters. The van der Waals surface area contributed by atoms with Crippen LogP contribution >= 0.6 is 11.3 Å². The molecule has 0 aromatic carbocycles. The summed E-state index contributed by atoms with van der Waals surface area (Å²) < 4.78 is 0. The fraction of sp³-hybridized carbons (Fsp3) is 0.538. The van der Waals surface area contributed by atoms with E-state index in [4.69, 9.17) is 0 Å². The van der Waals surface area contributed by atoms with E-state index in [0.29, 0.717) is 12.6 Å². The van der Waals surface area contributed by atoms with E-state index in [9.17, 15) is 4.79 Å². The molecule has 2 rings (SSSR count). The summed E-state index contributed by atoms with van der Waals surface area (Å²) in [6.07, 6.45) is 5.76. The number of hydrogen-bond acceptors (Lipinski definition) is 4.